The number of hydroxylamine groups is 1. The van der Waals surface area contributed by atoms with E-state index in [4.69, 9.17) is 5.21 Å². The maximum atomic E-state index is 12.0. The quantitative estimate of drug-likeness (QED) is 0.457. The second kappa shape index (κ2) is 7.69. The van der Waals surface area contributed by atoms with Gasteiger partial charge in [-0.25, -0.2) is 5.48 Å². The molecule has 0 aliphatic carbocycles. The molecule has 3 N–H and O–H groups in total. The highest BCUT2D eigenvalue weighted by molar-refractivity contribution is 7.17. The van der Waals surface area contributed by atoms with Crippen LogP contribution in [0.3, 0.4) is 0 Å². The molecule has 3 aromatic heterocycles. The molecule has 0 radical (unpaired) electrons. The lowest BCUT2D eigenvalue weighted by Gasteiger charge is -2.04. The summed E-state index contributed by atoms with van der Waals surface area (Å²) < 4.78 is 1.52. The summed E-state index contributed by atoms with van der Waals surface area (Å²) in [7, 11) is 0. The Bertz CT molecular complexity index is 875. The topological polar surface area (TPSA) is 109 Å². The number of thiophene rings is 1. The largest absolute Gasteiger partial charge is 0.349 e. The lowest BCUT2D eigenvalue weighted by molar-refractivity contribution is -0.122. The number of rotatable bonds is 6. The Labute approximate surface area is 147 Å². The number of hydrogen-bond acceptors (Lipinski definition) is 6. The van der Waals surface area contributed by atoms with Crippen molar-refractivity contribution in [2.45, 2.75) is 13.1 Å². The van der Waals surface area contributed by atoms with Gasteiger partial charge >= 0.3 is 0 Å². The fraction of sp³-hybridized carbons (Fsp3) is 0.125. The molecule has 0 fully saturated rings. The van der Waals surface area contributed by atoms with Crippen LogP contribution in [0, 0.1) is 0 Å². The maximum Gasteiger partial charge on any atom is 0.284 e. The number of amides is 2. The van der Waals surface area contributed by atoms with Crippen molar-refractivity contribution in [1.29, 1.82) is 0 Å². The van der Waals surface area contributed by atoms with E-state index in [1.54, 1.807) is 36.1 Å². The SMILES string of the molecule is O=C(Cn1ccc(-c2ccc(C(=O)NO)s2)n1)NCc1ccccn1. The van der Waals surface area contributed by atoms with Gasteiger partial charge < -0.3 is 5.32 Å². The predicted molar refractivity (Wildman–Crippen MR) is 90.9 cm³/mol. The van der Waals surface area contributed by atoms with Crippen molar-refractivity contribution in [1.82, 2.24) is 25.6 Å². The Balaban J connectivity index is 1.58. The maximum absolute atomic E-state index is 12.0. The smallest absolute Gasteiger partial charge is 0.284 e. The number of pyridine rings is 1. The first kappa shape index (κ1) is 16.8. The highest BCUT2D eigenvalue weighted by atomic mass is 32.1. The summed E-state index contributed by atoms with van der Waals surface area (Å²) in [6.07, 6.45) is 3.37. The van der Waals surface area contributed by atoms with Crippen LogP contribution in [0.25, 0.3) is 10.6 Å². The van der Waals surface area contributed by atoms with E-state index in [1.807, 2.05) is 18.2 Å². The Morgan fingerprint density at radius 2 is 2.08 bits per heavy atom. The minimum absolute atomic E-state index is 0.0855. The second-order valence-corrected chi connectivity index (χ2v) is 6.18. The minimum atomic E-state index is -0.565. The fourth-order valence-corrected chi connectivity index (χ4v) is 2.99. The van der Waals surface area contributed by atoms with Gasteiger partial charge in [-0.05, 0) is 30.3 Å². The van der Waals surface area contributed by atoms with E-state index in [-0.39, 0.29) is 12.5 Å². The molecule has 3 heterocycles. The number of hydrogen-bond donors (Lipinski definition) is 3. The van der Waals surface area contributed by atoms with Crippen molar-refractivity contribution in [2.75, 3.05) is 0 Å². The van der Waals surface area contributed by atoms with Crippen molar-refractivity contribution in [2.24, 2.45) is 0 Å². The van der Waals surface area contributed by atoms with Crippen molar-refractivity contribution < 1.29 is 14.8 Å². The van der Waals surface area contributed by atoms with Gasteiger partial charge in [-0.3, -0.25) is 24.5 Å². The van der Waals surface area contributed by atoms with E-state index in [0.29, 0.717) is 17.1 Å². The standard InChI is InChI=1S/C16H15N5O3S/c22-15(18-9-11-3-1-2-7-17-11)10-21-8-6-12(19-21)13-4-5-14(25-13)16(23)20-24/h1-8,24H,9-10H2,(H,18,22)(H,20,23). The molecule has 3 rings (SSSR count). The average molecular weight is 357 g/mol. The van der Waals surface area contributed by atoms with Crippen molar-refractivity contribution >= 4 is 23.2 Å². The van der Waals surface area contributed by atoms with E-state index >= 15 is 0 Å². The van der Waals surface area contributed by atoms with E-state index in [0.717, 1.165) is 10.6 Å². The first-order chi connectivity index (χ1) is 12.2. The molecule has 0 bridgehead atoms. The van der Waals surface area contributed by atoms with Gasteiger partial charge in [-0.2, -0.15) is 5.10 Å². The lowest BCUT2D eigenvalue weighted by Crippen LogP contribution is -2.27. The van der Waals surface area contributed by atoms with E-state index < -0.39 is 5.91 Å². The Hall–Kier alpha value is -3.04. The van der Waals surface area contributed by atoms with Crippen LogP contribution in [0.5, 0.6) is 0 Å². The molecule has 8 nitrogen and oxygen atoms in total. The molecule has 0 unspecified atom stereocenters. The summed E-state index contributed by atoms with van der Waals surface area (Å²) in [6.45, 7) is 0.445. The zero-order valence-electron chi connectivity index (χ0n) is 13.0. The summed E-state index contributed by atoms with van der Waals surface area (Å²) in [5.74, 6) is -0.739. The van der Waals surface area contributed by atoms with Crippen LogP contribution in [-0.2, 0) is 17.9 Å². The average Bonchev–Trinajstić information content (AvgIpc) is 3.29. The third kappa shape index (κ3) is 4.28. The molecule has 3 aromatic rings. The van der Waals surface area contributed by atoms with Crippen LogP contribution >= 0.6 is 11.3 Å². The summed E-state index contributed by atoms with van der Waals surface area (Å²) in [5, 5.41) is 15.8. The molecule has 25 heavy (non-hydrogen) atoms. The Kier molecular flexibility index (Phi) is 5.17. The molecule has 0 aromatic carbocycles. The van der Waals surface area contributed by atoms with Crippen molar-refractivity contribution in [3.8, 4) is 10.6 Å². The van der Waals surface area contributed by atoms with Crippen LogP contribution in [0.4, 0.5) is 0 Å². The van der Waals surface area contributed by atoms with Crippen LogP contribution in [-0.4, -0.2) is 31.8 Å². The van der Waals surface area contributed by atoms with Gasteiger partial charge in [0.2, 0.25) is 5.91 Å². The molecule has 2 amide bonds. The molecule has 0 saturated carbocycles. The molecule has 9 heteroatoms. The molecule has 0 saturated heterocycles. The van der Waals surface area contributed by atoms with Crippen LogP contribution in [0.2, 0.25) is 0 Å². The monoisotopic (exact) mass is 357 g/mol. The highest BCUT2D eigenvalue weighted by Gasteiger charge is 2.12. The number of carbonyl (C=O) groups excluding carboxylic acids is 2. The normalized spacial score (nSPS) is 10.4. The van der Waals surface area contributed by atoms with Gasteiger partial charge in [-0.15, -0.1) is 11.3 Å². The number of carbonyl (C=O) groups is 2. The predicted octanol–water partition coefficient (Wildman–Crippen LogP) is 1.44. The first-order valence-corrected chi connectivity index (χ1v) is 8.22. The molecule has 128 valence electrons. The second-order valence-electron chi connectivity index (χ2n) is 5.10. The van der Waals surface area contributed by atoms with Gasteiger partial charge in [0.25, 0.3) is 5.91 Å². The van der Waals surface area contributed by atoms with Crippen LogP contribution in [0.15, 0.2) is 48.8 Å². The van der Waals surface area contributed by atoms with Gasteiger partial charge in [0, 0.05) is 12.4 Å². The minimum Gasteiger partial charge on any atom is -0.349 e. The summed E-state index contributed by atoms with van der Waals surface area (Å²) in [5.41, 5.74) is 3.03. The zero-order chi connectivity index (χ0) is 17.6. The van der Waals surface area contributed by atoms with Crippen molar-refractivity contribution in [3.63, 3.8) is 0 Å². The van der Waals surface area contributed by atoms with Gasteiger partial charge in [0.05, 0.1) is 22.0 Å². The first-order valence-electron chi connectivity index (χ1n) is 7.40. The number of nitrogens with zero attached hydrogens (tertiary/aromatic N) is 3. The zero-order valence-corrected chi connectivity index (χ0v) is 13.9. The number of aromatic nitrogens is 3. The summed E-state index contributed by atoms with van der Waals surface area (Å²) in [4.78, 5) is 28.6. The van der Waals surface area contributed by atoms with E-state index in [2.05, 4.69) is 15.4 Å². The van der Waals surface area contributed by atoms with Gasteiger partial charge in [0.1, 0.15) is 12.2 Å². The molecule has 0 spiro atoms. The van der Waals surface area contributed by atoms with Crippen molar-refractivity contribution in [3.05, 3.63) is 59.4 Å². The molecular weight excluding hydrogens is 342 g/mol. The third-order valence-corrected chi connectivity index (χ3v) is 4.43. The van der Waals surface area contributed by atoms with E-state index in [9.17, 15) is 9.59 Å². The Morgan fingerprint density at radius 3 is 2.84 bits per heavy atom. The fourth-order valence-electron chi connectivity index (χ4n) is 2.13. The molecule has 0 aliphatic heterocycles. The number of nitrogens with one attached hydrogen (secondary N) is 2. The third-order valence-electron chi connectivity index (χ3n) is 3.32. The van der Waals surface area contributed by atoms with E-state index in [1.165, 1.54) is 16.0 Å². The highest BCUT2D eigenvalue weighted by Crippen LogP contribution is 2.26. The molecule has 0 aliphatic rings. The van der Waals surface area contributed by atoms with Gasteiger partial charge in [-0.1, -0.05) is 6.07 Å². The summed E-state index contributed by atoms with van der Waals surface area (Å²) >= 11 is 1.20. The van der Waals surface area contributed by atoms with Crippen LogP contribution < -0.4 is 10.8 Å². The summed E-state index contributed by atoms with van der Waals surface area (Å²) in [6, 6.07) is 10.6. The molecular formula is C16H15N5O3S. The lowest BCUT2D eigenvalue weighted by atomic mass is 10.3. The Morgan fingerprint density at radius 1 is 1.20 bits per heavy atom. The van der Waals surface area contributed by atoms with Crippen LogP contribution in [0.1, 0.15) is 15.4 Å². The molecule has 0 atom stereocenters. The van der Waals surface area contributed by atoms with Gasteiger partial charge in [0.15, 0.2) is 0 Å².